The van der Waals surface area contributed by atoms with Gasteiger partial charge in [-0.2, -0.15) is 0 Å². The number of benzene rings is 2. The number of nitrogens with zero attached hydrogens (tertiary/aromatic N) is 2. The summed E-state index contributed by atoms with van der Waals surface area (Å²) >= 11 is 0. The van der Waals surface area contributed by atoms with Crippen LogP contribution in [0.5, 0.6) is 0 Å². The SMILES string of the molecule is Cc1cc(C)c(C(=O)C(C)OC(=O)CCc2nc3ccccc3c(=O)n2C2CC2)cc1C. The minimum atomic E-state index is -0.876. The third kappa shape index (κ3) is 4.35. The number of carbonyl (C=O) groups excluding carboxylic acids is 2. The van der Waals surface area contributed by atoms with Crippen LogP contribution in [0.4, 0.5) is 0 Å². The number of Topliss-reactive ketones (excluding diaryl/α,β-unsaturated/α-hetero) is 1. The summed E-state index contributed by atoms with van der Waals surface area (Å²) in [5.74, 6) is -0.0908. The van der Waals surface area contributed by atoms with E-state index in [1.165, 1.54) is 0 Å². The molecular weight excluding hydrogens is 404 g/mol. The van der Waals surface area contributed by atoms with Crippen LogP contribution in [0.3, 0.4) is 0 Å². The van der Waals surface area contributed by atoms with Crippen LogP contribution in [0.2, 0.25) is 0 Å². The number of carbonyl (C=O) groups is 2. The number of fused-ring (bicyclic) bond motifs is 1. The first-order valence-electron chi connectivity index (χ1n) is 11.1. The smallest absolute Gasteiger partial charge is 0.306 e. The molecule has 0 N–H and O–H groups in total. The van der Waals surface area contributed by atoms with Gasteiger partial charge >= 0.3 is 5.97 Å². The maximum atomic E-state index is 12.9. The zero-order valence-corrected chi connectivity index (χ0v) is 19.0. The van der Waals surface area contributed by atoms with Crippen LogP contribution < -0.4 is 5.56 Å². The Kier molecular flexibility index (Phi) is 5.96. The number of ether oxygens (including phenoxy) is 1. The maximum absolute atomic E-state index is 12.9. The van der Waals surface area contributed by atoms with Crippen molar-refractivity contribution in [2.24, 2.45) is 0 Å². The molecule has 1 saturated carbocycles. The molecular formula is C26H28N2O4. The normalized spacial score (nSPS) is 14.4. The van der Waals surface area contributed by atoms with Crippen molar-refractivity contribution in [3.63, 3.8) is 0 Å². The molecule has 1 heterocycles. The van der Waals surface area contributed by atoms with Gasteiger partial charge in [-0.3, -0.25) is 19.0 Å². The number of aryl methyl sites for hydroxylation is 4. The average Bonchev–Trinajstić information content (AvgIpc) is 3.59. The topological polar surface area (TPSA) is 78.3 Å². The van der Waals surface area contributed by atoms with Crippen LogP contribution in [-0.4, -0.2) is 27.4 Å². The molecule has 0 aliphatic heterocycles. The first-order valence-corrected chi connectivity index (χ1v) is 11.1. The minimum Gasteiger partial charge on any atom is -0.454 e. The van der Waals surface area contributed by atoms with Gasteiger partial charge in [-0.15, -0.1) is 0 Å². The van der Waals surface area contributed by atoms with Gasteiger partial charge in [-0.05, 0) is 75.4 Å². The molecule has 1 unspecified atom stereocenters. The van der Waals surface area contributed by atoms with Gasteiger partial charge in [0.1, 0.15) is 5.82 Å². The van der Waals surface area contributed by atoms with E-state index in [-0.39, 0.29) is 23.8 Å². The van der Waals surface area contributed by atoms with Crippen molar-refractivity contribution in [2.45, 2.75) is 65.5 Å². The highest BCUT2D eigenvalue weighted by Crippen LogP contribution is 2.35. The highest BCUT2D eigenvalue weighted by Gasteiger charge is 2.29. The summed E-state index contributed by atoms with van der Waals surface area (Å²) < 4.78 is 7.17. The van der Waals surface area contributed by atoms with Crippen LogP contribution in [0.15, 0.2) is 41.2 Å². The van der Waals surface area contributed by atoms with Crippen molar-refractivity contribution in [3.05, 3.63) is 74.8 Å². The van der Waals surface area contributed by atoms with Crippen molar-refractivity contribution in [3.8, 4) is 0 Å². The summed E-state index contributed by atoms with van der Waals surface area (Å²) in [5.41, 5.74) is 4.16. The van der Waals surface area contributed by atoms with Crippen molar-refractivity contribution in [1.82, 2.24) is 9.55 Å². The zero-order valence-electron chi connectivity index (χ0n) is 19.0. The fraction of sp³-hybridized carbons (Fsp3) is 0.385. The highest BCUT2D eigenvalue weighted by atomic mass is 16.5. The number of rotatable bonds is 7. The molecule has 0 radical (unpaired) electrons. The van der Waals surface area contributed by atoms with Gasteiger partial charge in [0.05, 0.1) is 17.3 Å². The molecule has 0 spiro atoms. The summed E-state index contributed by atoms with van der Waals surface area (Å²) in [7, 11) is 0. The molecule has 2 aromatic carbocycles. The lowest BCUT2D eigenvalue weighted by Crippen LogP contribution is -2.27. The maximum Gasteiger partial charge on any atom is 0.306 e. The number of ketones is 1. The van der Waals surface area contributed by atoms with E-state index in [4.69, 9.17) is 4.74 Å². The molecule has 1 aromatic heterocycles. The molecule has 166 valence electrons. The molecule has 0 saturated heterocycles. The second-order valence-corrected chi connectivity index (χ2v) is 8.70. The van der Waals surface area contributed by atoms with E-state index in [9.17, 15) is 14.4 Å². The third-order valence-electron chi connectivity index (χ3n) is 6.13. The number of para-hydroxylation sites is 1. The molecule has 0 amide bonds. The van der Waals surface area contributed by atoms with Crippen molar-refractivity contribution in [1.29, 1.82) is 0 Å². The van der Waals surface area contributed by atoms with E-state index in [1.54, 1.807) is 17.6 Å². The van der Waals surface area contributed by atoms with Gasteiger partial charge in [-0.25, -0.2) is 4.98 Å². The fourth-order valence-corrected chi connectivity index (χ4v) is 4.05. The summed E-state index contributed by atoms with van der Waals surface area (Å²) in [6, 6.07) is 11.2. The summed E-state index contributed by atoms with van der Waals surface area (Å²) in [6.45, 7) is 7.44. The lowest BCUT2D eigenvalue weighted by molar-refractivity contribution is -0.146. The van der Waals surface area contributed by atoms with Crippen molar-refractivity contribution < 1.29 is 14.3 Å². The third-order valence-corrected chi connectivity index (χ3v) is 6.13. The molecule has 1 aliphatic rings. The Labute approximate surface area is 187 Å². The monoisotopic (exact) mass is 432 g/mol. The molecule has 6 heteroatoms. The van der Waals surface area contributed by atoms with Gasteiger partial charge in [-0.1, -0.05) is 18.2 Å². The van der Waals surface area contributed by atoms with E-state index >= 15 is 0 Å². The highest BCUT2D eigenvalue weighted by molar-refractivity contribution is 6.01. The fourth-order valence-electron chi connectivity index (χ4n) is 4.05. The molecule has 4 rings (SSSR count). The number of aromatic nitrogens is 2. The van der Waals surface area contributed by atoms with Gasteiger partial charge in [0.25, 0.3) is 5.56 Å². The summed E-state index contributed by atoms with van der Waals surface area (Å²) in [5, 5.41) is 0.591. The Bertz CT molecular complexity index is 1270. The van der Waals surface area contributed by atoms with Crippen LogP contribution >= 0.6 is 0 Å². The van der Waals surface area contributed by atoms with Crippen molar-refractivity contribution >= 4 is 22.7 Å². The molecule has 1 fully saturated rings. The van der Waals surface area contributed by atoms with Crippen LogP contribution in [0.25, 0.3) is 10.9 Å². The van der Waals surface area contributed by atoms with Crippen LogP contribution in [0, 0.1) is 20.8 Å². The molecule has 6 nitrogen and oxygen atoms in total. The van der Waals surface area contributed by atoms with Gasteiger partial charge in [0, 0.05) is 18.0 Å². The minimum absolute atomic E-state index is 0.0566. The molecule has 1 aliphatic carbocycles. The Morgan fingerprint density at radius 1 is 1.09 bits per heavy atom. The molecule has 0 bridgehead atoms. The Balaban J connectivity index is 1.47. The number of hydrogen-bond donors (Lipinski definition) is 0. The van der Waals surface area contributed by atoms with E-state index in [0.29, 0.717) is 28.7 Å². The van der Waals surface area contributed by atoms with Crippen molar-refractivity contribution in [2.75, 3.05) is 0 Å². The van der Waals surface area contributed by atoms with Gasteiger partial charge < -0.3 is 4.74 Å². The first kappa shape index (κ1) is 21.9. The number of hydrogen-bond acceptors (Lipinski definition) is 5. The summed E-state index contributed by atoms with van der Waals surface area (Å²) in [6.07, 6.45) is 1.36. The lowest BCUT2D eigenvalue weighted by Gasteiger charge is -2.16. The summed E-state index contributed by atoms with van der Waals surface area (Å²) in [4.78, 5) is 43.0. The second kappa shape index (κ2) is 8.69. The molecule has 32 heavy (non-hydrogen) atoms. The van der Waals surface area contributed by atoms with Crippen LogP contribution in [-0.2, 0) is 16.0 Å². The Hall–Kier alpha value is -3.28. The second-order valence-electron chi connectivity index (χ2n) is 8.70. The van der Waals surface area contributed by atoms with Crippen LogP contribution in [0.1, 0.15) is 65.1 Å². The number of esters is 1. The van der Waals surface area contributed by atoms with E-state index in [0.717, 1.165) is 29.5 Å². The predicted molar refractivity (Wildman–Crippen MR) is 123 cm³/mol. The van der Waals surface area contributed by atoms with E-state index in [2.05, 4.69) is 4.98 Å². The molecule has 1 atom stereocenters. The molecule has 3 aromatic rings. The Morgan fingerprint density at radius 2 is 1.78 bits per heavy atom. The van der Waals surface area contributed by atoms with E-state index < -0.39 is 12.1 Å². The quantitative estimate of drug-likeness (QED) is 0.408. The average molecular weight is 433 g/mol. The van der Waals surface area contributed by atoms with Gasteiger partial charge in [0.2, 0.25) is 5.78 Å². The largest absolute Gasteiger partial charge is 0.454 e. The Morgan fingerprint density at radius 3 is 2.50 bits per heavy atom. The van der Waals surface area contributed by atoms with E-state index in [1.807, 2.05) is 51.1 Å². The predicted octanol–water partition coefficient (Wildman–Crippen LogP) is 4.40. The van der Waals surface area contributed by atoms with Gasteiger partial charge in [0.15, 0.2) is 6.10 Å². The lowest BCUT2D eigenvalue weighted by atomic mass is 9.96. The first-order chi connectivity index (χ1) is 15.3. The standard InChI is InChI=1S/C26H28N2O4/c1-15-13-17(3)21(14-16(15)2)25(30)18(4)32-24(29)12-11-23-27-22-8-6-5-7-20(22)26(31)28(23)19-9-10-19/h5-8,13-14,18-19H,9-12H2,1-4H3. The zero-order chi connectivity index (χ0) is 23.0.